The Morgan fingerprint density at radius 3 is 2.43 bits per heavy atom. The molecular weight excluding hydrogens is 294 g/mol. The molecule has 2 heterocycles. The average molecular weight is 325 g/mol. The Balaban J connectivity index is 1.81. The van der Waals surface area contributed by atoms with Gasteiger partial charge in [0.15, 0.2) is 0 Å². The van der Waals surface area contributed by atoms with Gasteiger partial charge in [-0.05, 0) is 12.8 Å². The molecule has 0 N–H and O–H groups in total. The Morgan fingerprint density at radius 1 is 1.17 bits per heavy atom. The highest BCUT2D eigenvalue weighted by Crippen LogP contribution is 2.20. The van der Waals surface area contributed by atoms with Gasteiger partial charge in [0, 0.05) is 52.2 Å². The maximum atomic E-state index is 12.6. The third-order valence-electron chi connectivity index (χ3n) is 4.65. The van der Waals surface area contributed by atoms with Gasteiger partial charge < -0.3 is 14.5 Å². The normalized spacial score (nSPS) is 22.6. The lowest BCUT2D eigenvalue weighted by molar-refractivity contribution is -0.136. The Kier molecular flexibility index (Phi) is 7.30. The van der Waals surface area contributed by atoms with E-state index in [-0.39, 0.29) is 17.7 Å². The minimum Gasteiger partial charge on any atom is -0.379 e. The van der Waals surface area contributed by atoms with Gasteiger partial charge in [-0.15, -0.1) is 0 Å². The third-order valence-corrected chi connectivity index (χ3v) is 4.65. The number of nitrogens with zero attached hydrogens (tertiary/aromatic N) is 3. The van der Waals surface area contributed by atoms with Gasteiger partial charge in [0.05, 0.1) is 19.1 Å². The summed E-state index contributed by atoms with van der Waals surface area (Å²) in [5.41, 5.74) is 0. The Morgan fingerprint density at radius 2 is 1.83 bits per heavy atom. The van der Waals surface area contributed by atoms with E-state index in [9.17, 15) is 9.59 Å². The fourth-order valence-corrected chi connectivity index (χ4v) is 3.37. The number of hydrogen-bond donors (Lipinski definition) is 0. The van der Waals surface area contributed by atoms with Crippen LogP contribution in [0.5, 0.6) is 0 Å². The quantitative estimate of drug-likeness (QED) is 0.663. The smallest absolute Gasteiger partial charge is 0.227 e. The molecule has 0 bridgehead atoms. The zero-order valence-electron chi connectivity index (χ0n) is 14.6. The number of morpholine rings is 1. The molecule has 2 amide bonds. The minimum atomic E-state index is -0.148. The van der Waals surface area contributed by atoms with E-state index in [2.05, 4.69) is 18.7 Å². The lowest BCUT2D eigenvalue weighted by Crippen LogP contribution is -2.42. The van der Waals surface area contributed by atoms with Gasteiger partial charge in [-0.3, -0.25) is 14.5 Å². The highest BCUT2D eigenvalue weighted by Gasteiger charge is 2.36. The van der Waals surface area contributed by atoms with Crippen LogP contribution in [0.2, 0.25) is 0 Å². The molecular formula is C17H31N3O3. The number of carbonyl (C=O) groups is 2. The van der Waals surface area contributed by atoms with Crippen LogP contribution in [-0.4, -0.2) is 85.5 Å². The maximum Gasteiger partial charge on any atom is 0.227 e. The molecule has 0 saturated carbocycles. The molecule has 2 fully saturated rings. The van der Waals surface area contributed by atoms with E-state index < -0.39 is 0 Å². The molecule has 132 valence electrons. The molecule has 0 spiro atoms. The number of likely N-dealkylation sites (tertiary alicyclic amines) is 1. The molecule has 6 heteroatoms. The summed E-state index contributed by atoms with van der Waals surface area (Å²) in [5.74, 6) is 0.144. The molecule has 2 saturated heterocycles. The Bertz CT molecular complexity index is 391. The van der Waals surface area contributed by atoms with Crippen LogP contribution in [0.1, 0.15) is 33.1 Å². The summed E-state index contributed by atoms with van der Waals surface area (Å²) >= 11 is 0. The summed E-state index contributed by atoms with van der Waals surface area (Å²) in [6.07, 6.45) is 2.31. The van der Waals surface area contributed by atoms with E-state index in [4.69, 9.17) is 4.74 Å². The molecule has 2 aliphatic heterocycles. The van der Waals surface area contributed by atoms with Crippen LogP contribution in [0.4, 0.5) is 0 Å². The van der Waals surface area contributed by atoms with Crippen molar-refractivity contribution in [1.29, 1.82) is 0 Å². The second-order valence-corrected chi connectivity index (χ2v) is 6.52. The van der Waals surface area contributed by atoms with Crippen molar-refractivity contribution in [3.05, 3.63) is 0 Å². The first kappa shape index (κ1) is 18.2. The monoisotopic (exact) mass is 325 g/mol. The van der Waals surface area contributed by atoms with Crippen LogP contribution in [0.3, 0.4) is 0 Å². The van der Waals surface area contributed by atoms with Gasteiger partial charge in [0.2, 0.25) is 11.8 Å². The van der Waals surface area contributed by atoms with Crippen LogP contribution < -0.4 is 0 Å². The average Bonchev–Trinajstić information content (AvgIpc) is 2.94. The maximum absolute atomic E-state index is 12.6. The van der Waals surface area contributed by atoms with Gasteiger partial charge in [-0.25, -0.2) is 0 Å². The van der Waals surface area contributed by atoms with Crippen molar-refractivity contribution >= 4 is 11.8 Å². The fourth-order valence-electron chi connectivity index (χ4n) is 3.37. The van der Waals surface area contributed by atoms with Gasteiger partial charge in [-0.2, -0.15) is 0 Å². The zero-order chi connectivity index (χ0) is 16.7. The standard InChI is InChI=1S/C17H31N3O3/c1-3-5-19(6-4-2)17(22)15-13-16(21)20(14-15)8-7-18-9-11-23-12-10-18/h15H,3-14H2,1-2H3. The largest absolute Gasteiger partial charge is 0.379 e. The first-order valence-electron chi connectivity index (χ1n) is 9.02. The van der Waals surface area contributed by atoms with E-state index >= 15 is 0 Å². The summed E-state index contributed by atoms with van der Waals surface area (Å²) in [5, 5.41) is 0. The number of carbonyl (C=O) groups excluding carboxylic acids is 2. The predicted molar refractivity (Wildman–Crippen MR) is 89.1 cm³/mol. The fraction of sp³-hybridized carbons (Fsp3) is 0.882. The van der Waals surface area contributed by atoms with E-state index in [1.807, 2.05) is 9.80 Å². The third kappa shape index (κ3) is 5.18. The molecule has 1 atom stereocenters. The van der Waals surface area contributed by atoms with Crippen molar-refractivity contribution < 1.29 is 14.3 Å². The van der Waals surface area contributed by atoms with Crippen LogP contribution in [0, 0.1) is 5.92 Å². The molecule has 0 aromatic rings. The van der Waals surface area contributed by atoms with E-state index in [1.54, 1.807) is 0 Å². The van der Waals surface area contributed by atoms with Crippen LogP contribution in [0.25, 0.3) is 0 Å². The molecule has 0 aromatic heterocycles. The summed E-state index contributed by atoms with van der Waals surface area (Å²) in [4.78, 5) is 31.0. The number of amides is 2. The molecule has 2 aliphatic rings. The second-order valence-electron chi connectivity index (χ2n) is 6.52. The van der Waals surface area contributed by atoms with E-state index in [1.165, 1.54) is 0 Å². The van der Waals surface area contributed by atoms with Crippen molar-refractivity contribution in [2.45, 2.75) is 33.1 Å². The van der Waals surface area contributed by atoms with Crippen molar-refractivity contribution in [2.75, 3.05) is 59.0 Å². The summed E-state index contributed by atoms with van der Waals surface area (Å²) in [7, 11) is 0. The molecule has 23 heavy (non-hydrogen) atoms. The first-order valence-corrected chi connectivity index (χ1v) is 9.02. The summed E-state index contributed by atoms with van der Waals surface area (Å²) < 4.78 is 5.34. The van der Waals surface area contributed by atoms with Crippen LogP contribution in [0.15, 0.2) is 0 Å². The van der Waals surface area contributed by atoms with Crippen LogP contribution in [-0.2, 0) is 14.3 Å². The van der Waals surface area contributed by atoms with Gasteiger partial charge in [0.25, 0.3) is 0 Å². The first-order chi connectivity index (χ1) is 11.2. The number of ether oxygens (including phenoxy) is 1. The van der Waals surface area contributed by atoms with E-state index in [0.717, 1.165) is 65.3 Å². The van der Waals surface area contributed by atoms with Gasteiger partial charge in [-0.1, -0.05) is 13.8 Å². The molecule has 0 aliphatic carbocycles. The Hall–Kier alpha value is -1.14. The molecule has 1 unspecified atom stereocenters. The lowest BCUT2D eigenvalue weighted by atomic mass is 10.1. The van der Waals surface area contributed by atoms with Gasteiger partial charge in [0.1, 0.15) is 0 Å². The molecule has 6 nitrogen and oxygen atoms in total. The zero-order valence-corrected chi connectivity index (χ0v) is 14.6. The van der Waals surface area contributed by atoms with Crippen molar-refractivity contribution in [3.63, 3.8) is 0 Å². The lowest BCUT2D eigenvalue weighted by Gasteiger charge is -2.29. The highest BCUT2D eigenvalue weighted by atomic mass is 16.5. The van der Waals surface area contributed by atoms with Crippen molar-refractivity contribution in [3.8, 4) is 0 Å². The predicted octanol–water partition coefficient (Wildman–Crippen LogP) is 0.816. The van der Waals surface area contributed by atoms with Crippen LogP contribution >= 0.6 is 0 Å². The number of hydrogen-bond acceptors (Lipinski definition) is 4. The number of rotatable bonds is 8. The second kappa shape index (κ2) is 9.23. The summed E-state index contributed by atoms with van der Waals surface area (Å²) in [6, 6.07) is 0. The SMILES string of the molecule is CCCN(CCC)C(=O)C1CC(=O)N(CCN2CCOCC2)C1. The highest BCUT2D eigenvalue weighted by molar-refractivity contribution is 5.89. The van der Waals surface area contributed by atoms with Crippen molar-refractivity contribution in [1.82, 2.24) is 14.7 Å². The molecule has 0 aromatic carbocycles. The molecule has 0 radical (unpaired) electrons. The Labute approximate surface area is 139 Å². The van der Waals surface area contributed by atoms with E-state index in [0.29, 0.717) is 13.0 Å². The van der Waals surface area contributed by atoms with Gasteiger partial charge >= 0.3 is 0 Å². The molecule has 2 rings (SSSR count). The summed E-state index contributed by atoms with van der Waals surface area (Å²) in [6.45, 7) is 11.4. The van der Waals surface area contributed by atoms with Crippen molar-refractivity contribution in [2.24, 2.45) is 5.92 Å². The minimum absolute atomic E-state index is 0.129. The topological polar surface area (TPSA) is 53.1 Å².